The van der Waals surface area contributed by atoms with Crippen LogP contribution in [0.15, 0.2) is 46.7 Å². The van der Waals surface area contributed by atoms with Gasteiger partial charge in [0, 0.05) is 49.7 Å². The van der Waals surface area contributed by atoms with Crippen molar-refractivity contribution in [1.29, 1.82) is 0 Å². The minimum Gasteiger partial charge on any atom is -0.369 e. The molecule has 1 aromatic carbocycles. The molecule has 0 amide bonds. The van der Waals surface area contributed by atoms with Crippen LogP contribution in [0.4, 0.5) is 11.4 Å². The summed E-state index contributed by atoms with van der Waals surface area (Å²) in [5, 5.41) is 17.8. The molecule has 1 saturated heterocycles. The fraction of sp³-hybridized carbons (Fsp3) is 0.278. The summed E-state index contributed by atoms with van der Waals surface area (Å²) < 4.78 is 27.8. The molecule has 11 heteroatoms. The maximum absolute atomic E-state index is 13.0. The molecule has 3 aromatic rings. The lowest BCUT2D eigenvalue weighted by molar-refractivity contribution is -0.384. The number of nitrogens with one attached hydrogen (secondary N) is 1. The van der Waals surface area contributed by atoms with E-state index in [0.29, 0.717) is 30.4 Å². The molecular weight excluding hydrogens is 414 g/mol. The summed E-state index contributed by atoms with van der Waals surface area (Å²) in [7, 11) is -3.57. The van der Waals surface area contributed by atoms with Crippen molar-refractivity contribution >= 4 is 32.7 Å². The van der Waals surface area contributed by atoms with Crippen LogP contribution in [0.5, 0.6) is 0 Å². The number of piperazine rings is 1. The Hall–Kier alpha value is -2.76. The van der Waals surface area contributed by atoms with Gasteiger partial charge < -0.3 is 4.90 Å². The first-order valence-corrected chi connectivity index (χ1v) is 11.2. The van der Waals surface area contributed by atoms with E-state index < -0.39 is 14.9 Å². The number of hydrogen-bond donors (Lipinski definition) is 1. The third-order valence-corrected chi connectivity index (χ3v) is 8.27. The van der Waals surface area contributed by atoms with Crippen LogP contribution in [0.25, 0.3) is 10.6 Å². The maximum atomic E-state index is 13.0. The number of anilines is 1. The Kier molecular flexibility index (Phi) is 5.11. The molecule has 3 heterocycles. The van der Waals surface area contributed by atoms with E-state index in [4.69, 9.17) is 0 Å². The van der Waals surface area contributed by atoms with E-state index in [1.54, 1.807) is 24.3 Å². The summed E-state index contributed by atoms with van der Waals surface area (Å²) in [5.41, 5.74) is 2.53. The Bertz CT molecular complexity index is 1130. The predicted molar refractivity (Wildman–Crippen MR) is 111 cm³/mol. The molecule has 0 bridgehead atoms. The molecule has 0 aliphatic carbocycles. The smallest absolute Gasteiger partial charge is 0.269 e. The van der Waals surface area contributed by atoms with Crippen LogP contribution in [0.3, 0.4) is 0 Å². The Morgan fingerprint density at radius 1 is 1.10 bits per heavy atom. The normalized spacial score (nSPS) is 15.6. The summed E-state index contributed by atoms with van der Waals surface area (Å²) in [6, 6.07) is 11.6. The average Bonchev–Trinajstić information content (AvgIpc) is 3.37. The summed E-state index contributed by atoms with van der Waals surface area (Å²) in [6.07, 6.45) is 0. The Labute approximate surface area is 171 Å². The van der Waals surface area contributed by atoms with Crippen molar-refractivity contribution in [3.05, 3.63) is 58.3 Å². The minimum atomic E-state index is -3.57. The van der Waals surface area contributed by atoms with Crippen LogP contribution in [0.2, 0.25) is 0 Å². The second-order valence-electron chi connectivity index (χ2n) is 6.72. The number of H-pyrrole nitrogens is 1. The molecule has 2 aromatic heterocycles. The zero-order valence-electron chi connectivity index (χ0n) is 15.6. The standard InChI is InChI=1S/C18H19N5O4S2/c1-13-12-16(20-19-13)17-6-7-18(28-17)29(26,27)22-10-8-21(9-11-22)14-2-4-15(5-3-14)23(24)25/h2-7,12H,8-11H2,1H3,(H,19,20). The molecule has 0 atom stereocenters. The van der Waals surface area contributed by atoms with Crippen molar-refractivity contribution in [1.82, 2.24) is 14.5 Å². The second-order valence-corrected chi connectivity index (χ2v) is 9.97. The number of hydrogen-bond acceptors (Lipinski definition) is 7. The van der Waals surface area contributed by atoms with Gasteiger partial charge >= 0.3 is 0 Å². The minimum absolute atomic E-state index is 0.0376. The fourth-order valence-electron chi connectivity index (χ4n) is 3.24. The Balaban J connectivity index is 1.45. The molecule has 0 spiro atoms. The van der Waals surface area contributed by atoms with Gasteiger partial charge in [0.25, 0.3) is 15.7 Å². The van der Waals surface area contributed by atoms with Gasteiger partial charge in [0.1, 0.15) is 9.90 Å². The first kappa shape index (κ1) is 19.6. The largest absolute Gasteiger partial charge is 0.369 e. The number of thiophene rings is 1. The summed E-state index contributed by atoms with van der Waals surface area (Å²) in [4.78, 5) is 13.2. The van der Waals surface area contributed by atoms with Gasteiger partial charge in [0.15, 0.2) is 0 Å². The van der Waals surface area contributed by atoms with Crippen LogP contribution in [-0.4, -0.2) is 54.0 Å². The summed E-state index contributed by atoms with van der Waals surface area (Å²) >= 11 is 1.21. The first-order valence-electron chi connectivity index (χ1n) is 8.96. The highest BCUT2D eigenvalue weighted by Gasteiger charge is 2.30. The van der Waals surface area contributed by atoms with Gasteiger partial charge in [-0.05, 0) is 37.3 Å². The van der Waals surface area contributed by atoms with Gasteiger partial charge in [-0.15, -0.1) is 11.3 Å². The van der Waals surface area contributed by atoms with E-state index in [1.807, 2.05) is 17.9 Å². The topological polar surface area (TPSA) is 112 Å². The van der Waals surface area contributed by atoms with E-state index in [1.165, 1.54) is 27.8 Å². The van der Waals surface area contributed by atoms with Crippen molar-refractivity contribution in [2.45, 2.75) is 11.1 Å². The number of rotatable bonds is 5. The number of non-ortho nitro benzene ring substituents is 1. The summed E-state index contributed by atoms with van der Waals surface area (Å²) in [6.45, 7) is 3.65. The van der Waals surface area contributed by atoms with E-state index >= 15 is 0 Å². The third kappa shape index (κ3) is 3.88. The molecule has 29 heavy (non-hydrogen) atoms. The lowest BCUT2D eigenvalue weighted by atomic mass is 10.2. The van der Waals surface area contributed by atoms with Crippen LogP contribution in [0, 0.1) is 17.0 Å². The SMILES string of the molecule is Cc1cc(-c2ccc(S(=O)(=O)N3CCN(c4ccc([N+](=O)[O-])cc4)CC3)s2)n[nH]1. The van der Waals surface area contributed by atoms with Crippen molar-refractivity contribution in [3.8, 4) is 10.6 Å². The zero-order valence-corrected chi connectivity index (χ0v) is 17.2. The van der Waals surface area contributed by atoms with Gasteiger partial charge in [0.05, 0.1) is 9.80 Å². The van der Waals surface area contributed by atoms with E-state index in [-0.39, 0.29) is 5.69 Å². The van der Waals surface area contributed by atoms with Gasteiger partial charge in [-0.1, -0.05) is 0 Å². The number of aromatic amines is 1. The number of aromatic nitrogens is 2. The number of sulfonamides is 1. The molecule has 152 valence electrons. The monoisotopic (exact) mass is 433 g/mol. The molecule has 1 aliphatic heterocycles. The highest BCUT2D eigenvalue weighted by molar-refractivity contribution is 7.91. The van der Waals surface area contributed by atoms with Crippen molar-refractivity contribution in [2.75, 3.05) is 31.1 Å². The van der Waals surface area contributed by atoms with Crippen LogP contribution < -0.4 is 4.90 Å². The molecule has 0 unspecified atom stereocenters. The van der Waals surface area contributed by atoms with Crippen LogP contribution in [-0.2, 0) is 10.0 Å². The second kappa shape index (κ2) is 7.58. The number of nitrogens with zero attached hydrogens (tertiary/aromatic N) is 4. The van der Waals surface area contributed by atoms with Gasteiger partial charge in [-0.3, -0.25) is 15.2 Å². The Morgan fingerprint density at radius 3 is 2.38 bits per heavy atom. The zero-order chi connectivity index (χ0) is 20.6. The molecule has 1 aliphatic rings. The Morgan fingerprint density at radius 2 is 1.79 bits per heavy atom. The highest BCUT2D eigenvalue weighted by atomic mass is 32.2. The fourth-order valence-corrected chi connectivity index (χ4v) is 6.08. The van der Waals surface area contributed by atoms with Crippen LogP contribution >= 0.6 is 11.3 Å². The molecule has 1 fully saturated rings. The molecular formula is C18H19N5O4S2. The van der Waals surface area contributed by atoms with Gasteiger partial charge in [-0.25, -0.2) is 8.42 Å². The lowest BCUT2D eigenvalue weighted by Gasteiger charge is -2.35. The number of nitro groups is 1. The molecule has 0 radical (unpaired) electrons. The average molecular weight is 434 g/mol. The van der Waals surface area contributed by atoms with E-state index in [2.05, 4.69) is 10.2 Å². The van der Waals surface area contributed by atoms with E-state index in [9.17, 15) is 18.5 Å². The van der Waals surface area contributed by atoms with Crippen molar-refractivity contribution in [3.63, 3.8) is 0 Å². The third-order valence-electron chi connectivity index (χ3n) is 4.80. The van der Waals surface area contributed by atoms with Crippen molar-refractivity contribution in [2.24, 2.45) is 0 Å². The number of aryl methyl sites for hydroxylation is 1. The maximum Gasteiger partial charge on any atom is 0.269 e. The quantitative estimate of drug-likeness (QED) is 0.489. The lowest BCUT2D eigenvalue weighted by Crippen LogP contribution is -2.48. The number of benzene rings is 1. The van der Waals surface area contributed by atoms with Gasteiger partial charge in [-0.2, -0.15) is 9.40 Å². The predicted octanol–water partition coefficient (Wildman–Crippen LogP) is 2.87. The van der Waals surface area contributed by atoms with Crippen LogP contribution in [0.1, 0.15) is 5.69 Å². The molecule has 0 saturated carbocycles. The molecule has 1 N–H and O–H groups in total. The van der Waals surface area contributed by atoms with Gasteiger partial charge in [0.2, 0.25) is 0 Å². The number of nitro benzene ring substituents is 1. The molecule has 9 nitrogen and oxygen atoms in total. The molecule has 4 rings (SSSR count). The summed E-state index contributed by atoms with van der Waals surface area (Å²) in [5.74, 6) is 0. The van der Waals surface area contributed by atoms with E-state index in [0.717, 1.165) is 22.0 Å². The van der Waals surface area contributed by atoms with Crippen molar-refractivity contribution < 1.29 is 13.3 Å². The first-order chi connectivity index (χ1) is 13.8. The highest BCUT2D eigenvalue weighted by Crippen LogP contribution is 2.32.